The first kappa shape index (κ1) is 21.5. The summed E-state index contributed by atoms with van der Waals surface area (Å²) in [5, 5.41) is 4.54. The highest BCUT2D eigenvalue weighted by Crippen LogP contribution is 2.23. The summed E-state index contributed by atoms with van der Waals surface area (Å²) in [5.74, 6) is -1.33. The van der Waals surface area contributed by atoms with Crippen molar-refractivity contribution in [3.05, 3.63) is 29.8 Å². The van der Waals surface area contributed by atoms with Crippen molar-refractivity contribution >= 4 is 35.6 Å². The lowest BCUT2D eigenvalue weighted by molar-refractivity contribution is -0.126. The van der Waals surface area contributed by atoms with Gasteiger partial charge in [-0.2, -0.15) is 0 Å². The zero-order valence-corrected chi connectivity index (χ0v) is 15.9. The molecule has 0 unspecified atom stereocenters. The van der Waals surface area contributed by atoms with Gasteiger partial charge in [0, 0.05) is 25.5 Å². The number of thioether (sulfide) groups is 1. The lowest BCUT2D eigenvalue weighted by atomic mass is 10.2. The highest BCUT2D eigenvalue weighted by atomic mass is 32.2. The lowest BCUT2D eigenvalue weighted by Gasteiger charge is -2.12. The number of ether oxygens (including phenoxy) is 1. The third-order valence-electron chi connectivity index (χ3n) is 3.08. The predicted molar refractivity (Wildman–Crippen MR) is 98.0 cm³/mol. The van der Waals surface area contributed by atoms with Crippen molar-refractivity contribution in [3.63, 3.8) is 0 Å². The van der Waals surface area contributed by atoms with Crippen molar-refractivity contribution < 1.29 is 23.9 Å². The van der Waals surface area contributed by atoms with Crippen molar-refractivity contribution in [3.8, 4) is 0 Å². The van der Waals surface area contributed by atoms with Crippen molar-refractivity contribution in [2.24, 2.45) is 0 Å². The molecule has 1 aromatic rings. The predicted octanol–water partition coefficient (Wildman–Crippen LogP) is 1.26. The fourth-order valence-electron chi connectivity index (χ4n) is 1.68. The van der Waals surface area contributed by atoms with Gasteiger partial charge < -0.3 is 15.0 Å². The number of carbonyl (C=O) groups is 4. The van der Waals surface area contributed by atoms with Crippen LogP contribution in [0.4, 0.5) is 4.79 Å². The minimum Gasteiger partial charge on any atom is -0.452 e. The van der Waals surface area contributed by atoms with E-state index < -0.39 is 24.5 Å². The van der Waals surface area contributed by atoms with Crippen LogP contribution in [-0.2, 0) is 14.3 Å². The number of hydrogen-bond donors (Lipinski definition) is 2. The summed E-state index contributed by atoms with van der Waals surface area (Å²) in [6.45, 7) is 1.74. The smallest absolute Gasteiger partial charge is 0.339 e. The van der Waals surface area contributed by atoms with E-state index in [-0.39, 0.29) is 17.2 Å². The van der Waals surface area contributed by atoms with Crippen LogP contribution in [0.15, 0.2) is 29.2 Å². The summed E-state index contributed by atoms with van der Waals surface area (Å²) in [5.41, 5.74) is 0.257. The Balaban J connectivity index is 2.58. The summed E-state index contributed by atoms with van der Waals surface area (Å²) in [4.78, 5) is 48.9. The molecular weight excluding hydrogens is 358 g/mol. The molecule has 0 heterocycles. The number of benzene rings is 1. The van der Waals surface area contributed by atoms with Gasteiger partial charge in [0.05, 0.1) is 11.3 Å². The highest BCUT2D eigenvalue weighted by molar-refractivity contribution is 8.00. The van der Waals surface area contributed by atoms with Crippen LogP contribution in [0.2, 0.25) is 0 Å². The first-order chi connectivity index (χ1) is 12.3. The van der Waals surface area contributed by atoms with E-state index in [4.69, 9.17) is 4.74 Å². The Morgan fingerprint density at radius 3 is 2.50 bits per heavy atom. The Hall–Kier alpha value is -2.55. The molecule has 0 atom stereocenters. The average molecular weight is 381 g/mol. The quantitative estimate of drug-likeness (QED) is 0.519. The fourth-order valence-corrected chi connectivity index (χ4v) is 2.70. The van der Waals surface area contributed by atoms with Crippen LogP contribution in [0.3, 0.4) is 0 Å². The molecule has 0 spiro atoms. The Bertz CT molecular complexity index is 664. The Morgan fingerprint density at radius 2 is 1.85 bits per heavy atom. The van der Waals surface area contributed by atoms with Gasteiger partial charge in [-0.3, -0.25) is 14.9 Å². The molecule has 0 fully saturated rings. The summed E-state index contributed by atoms with van der Waals surface area (Å²) < 4.78 is 4.95. The van der Waals surface area contributed by atoms with Gasteiger partial charge >= 0.3 is 12.0 Å². The van der Waals surface area contributed by atoms with Gasteiger partial charge in [0.25, 0.3) is 5.91 Å². The van der Waals surface area contributed by atoms with E-state index in [0.29, 0.717) is 11.4 Å². The van der Waals surface area contributed by atoms with Crippen molar-refractivity contribution in [2.45, 2.75) is 18.2 Å². The molecule has 142 valence electrons. The van der Waals surface area contributed by atoms with Crippen LogP contribution < -0.4 is 10.6 Å². The number of nitrogens with one attached hydrogen (secondary N) is 2. The van der Waals surface area contributed by atoms with Crippen LogP contribution in [0, 0.1) is 0 Å². The standard InChI is InChI=1S/C17H23N3O5S/c1-4-9-18-17(24)19-14(21)10-25-16(23)12-7-5-6-8-13(12)26-11-15(22)20(2)3/h5-8H,4,9-11H2,1-3H3,(H2,18,19,21,24). The first-order valence-corrected chi connectivity index (χ1v) is 9.00. The molecule has 0 radical (unpaired) electrons. The van der Waals surface area contributed by atoms with Crippen LogP contribution >= 0.6 is 11.8 Å². The van der Waals surface area contributed by atoms with Gasteiger partial charge in [0.15, 0.2) is 6.61 Å². The number of esters is 1. The third kappa shape index (κ3) is 7.56. The second-order valence-electron chi connectivity index (χ2n) is 5.45. The number of carbonyl (C=O) groups excluding carboxylic acids is 4. The van der Waals surface area contributed by atoms with E-state index in [1.165, 1.54) is 16.7 Å². The van der Waals surface area contributed by atoms with Gasteiger partial charge in [0.1, 0.15) is 0 Å². The lowest BCUT2D eigenvalue weighted by Crippen LogP contribution is -2.41. The Morgan fingerprint density at radius 1 is 1.15 bits per heavy atom. The van der Waals surface area contributed by atoms with Gasteiger partial charge in [-0.25, -0.2) is 9.59 Å². The summed E-state index contributed by atoms with van der Waals surface area (Å²) >= 11 is 1.21. The first-order valence-electron chi connectivity index (χ1n) is 8.02. The molecule has 9 heteroatoms. The SMILES string of the molecule is CCCNC(=O)NC(=O)COC(=O)c1ccccc1SCC(=O)N(C)C. The van der Waals surface area contributed by atoms with E-state index in [1.807, 2.05) is 6.92 Å². The molecule has 0 bridgehead atoms. The molecule has 26 heavy (non-hydrogen) atoms. The number of imide groups is 1. The van der Waals surface area contributed by atoms with Crippen LogP contribution in [0.1, 0.15) is 23.7 Å². The van der Waals surface area contributed by atoms with Crippen molar-refractivity contribution in [1.29, 1.82) is 0 Å². The molecule has 2 N–H and O–H groups in total. The molecule has 0 aromatic heterocycles. The molecular formula is C17H23N3O5S. The topological polar surface area (TPSA) is 105 Å². The van der Waals surface area contributed by atoms with E-state index in [0.717, 1.165) is 6.42 Å². The number of amides is 4. The second-order valence-corrected chi connectivity index (χ2v) is 6.47. The number of hydrogen-bond acceptors (Lipinski definition) is 6. The zero-order chi connectivity index (χ0) is 19.5. The molecule has 0 saturated carbocycles. The van der Waals surface area contributed by atoms with Gasteiger partial charge in [-0.1, -0.05) is 19.1 Å². The Kier molecular flexibility index (Phi) is 9.21. The second kappa shape index (κ2) is 11.1. The average Bonchev–Trinajstić information content (AvgIpc) is 2.62. The Labute approximate surface area is 156 Å². The molecule has 0 aliphatic carbocycles. The molecule has 0 aliphatic rings. The fraction of sp³-hybridized carbons (Fsp3) is 0.412. The van der Waals surface area contributed by atoms with Crippen LogP contribution in [0.5, 0.6) is 0 Å². The zero-order valence-electron chi connectivity index (χ0n) is 15.0. The van der Waals surface area contributed by atoms with Crippen LogP contribution in [0.25, 0.3) is 0 Å². The van der Waals surface area contributed by atoms with Crippen molar-refractivity contribution in [2.75, 3.05) is 33.0 Å². The maximum Gasteiger partial charge on any atom is 0.339 e. The summed E-state index contributed by atoms with van der Waals surface area (Å²) in [7, 11) is 3.30. The van der Waals surface area contributed by atoms with Crippen LogP contribution in [-0.4, -0.2) is 61.7 Å². The molecule has 8 nitrogen and oxygen atoms in total. The largest absolute Gasteiger partial charge is 0.452 e. The molecule has 0 saturated heterocycles. The summed E-state index contributed by atoms with van der Waals surface area (Å²) in [6, 6.07) is 6.02. The maximum absolute atomic E-state index is 12.2. The highest BCUT2D eigenvalue weighted by Gasteiger charge is 2.16. The van der Waals surface area contributed by atoms with E-state index >= 15 is 0 Å². The van der Waals surface area contributed by atoms with E-state index in [9.17, 15) is 19.2 Å². The maximum atomic E-state index is 12.2. The number of urea groups is 1. The van der Waals surface area contributed by atoms with Gasteiger partial charge in [0.2, 0.25) is 5.91 Å². The number of rotatable bonds is 8. The third-order valence-corrected chi connectivity index (χ3v) is 4.14. The minimum atomic E-state index is -0.722. The van der Waals surface area contributed by atoms with E-state index in [1.54, 1.807) is 38.4 Å². The number of nitrogens with zero attached hydrogens (tertiary/aromatic N) is 1. The summed E-state index contributed by atoms with van der Waals surface area (Å²) in [6.07, 6.45) is 0.737. The van der Waals surface area contributed by atoms with Gasteiger partial charge in [-0.05, 0) is 18.6 Å². The van der Waals surface area contributed by atoms with Gasteiger partial charge in [-0.15, -0.1) is 11.8 Å². The molecule has 0 aliphatic heterocycles. The van der Waals surface area contributed by atoms with E-state index in [2.05, 4.69) is 10.6 Å². The molecule has 1 aromatic carbocycles. The normalized spacial score (nSPS) is 9.96. The molecule has 1 rings (SSSR count). The monoisotopic (exact) mass is 381 g/mol. The minimum absolute atomic E-state index is 0.0874. The van der Waals surface area contributed by atoms with Crippen molar-refractivity contribution in [1.82, 2.24) is 15.5 Å². The molecule has 4 amide bonds.